The molecular formula is C23H22N2O3. The summed E-state index contributed by atoms with van der Waals surface area (Å²) in [4.78, 5) is 27.4. The van der Waals surface area contributed by atoms with Gasteiger partial charge in [0.1, 0.15) is 5.75 Å². The topological polar surface area (TPSA) is 51.5 Å². The maximum absolute atomic E-state index is 13.2. The van der Waals surface area contributed by atoms with Crippen molar-refractivity contribution >= 4 is 11.6 Å². The molecule has 0 radical (unpaired) electrons. The van der Waals surface area contributed by atoms with E-state index in [1.807, 2.05) is 17.0 Å². The number of amides is 1. The number of carbonyl (C=O) groups is 1. The van der Waals surface area contributed by atoms with Gasteiger partial charge in [-0.3, -0.25) is 14.2 Å². The minimum absolute atomic E-state index is 0.0907. The maximum Gasteiger partial charge on any atom is 0.259 e. The third-order valence-corrected chi connectivity index (χ3v) is 5.11. The smallest absolute Gasteiger partial charge is 0.259 e. The van der Waals surface area contributed by atoms with E-state index in [0.717, 1.165) is 18.5 Å². The summed E-state index contributed by atoms with van der Waals surface area (Å²) >= 11 is 0. The Morgan fingerprint density at radius 2 is 1.82 bits per heavy atom. The molecule has 1 aromatic heterocycles. The average Bonchev–Trinajstić information content (AvgIpc) is 2.73. The lowest BCUT2D eigenvalue weighted by atomic mass is 9.99. The Labute approximate surface area is 163 Å². The van der Waals surface area contributed by atoms with Crippen molar-refractivity contribution in [3.05, 3.63) is 87.8 Å². The van der Waals surface area contributed by atoms with Crippen molar-refractivity contribution in [2.24, 2.45) is 0 Å². The highest BCUT2D eigenvalue weighted by Crippen LogP contribution is 2.29. The number of methoxy groups -OCH3 is 1. The summed E-state index contributed by atoms with van der Waals surface area (Å²) in [5.41, 5.74) is 4.35. The van der Waals surface area contributed by atoms with Gasteiger partial charge in [0.05, 0.1) is 12.7 Å². The molecule has 1 aliphatic heterocycles. The molecule has 2 aromatic carbocycles. The summed E-state index contributed by atoms with van der Waals surface area (Å²) in [7, 11) is 1.60. The van der Waals surface area contributed by atoms with Crippen LogP contribution in [0, 0.1) is 6.92 Å². The zero-order valence-corrected chi connectivity index (χ0v) is 16.0. The maximum atomic E-state index is 13.2. The molecule has 5 heteroatoms. The first kappa shape index (κ1) is 18.0. The predicted octanol–water partition coefficient (Wildman–Crippen LogP) is 3.75. The van der Waals surface area contributed by atoms with Crippen molar-refractivity contribution in [1.82, 2.24) is 4.57 Å². The summed E-state index contributed by atoms with van der Waals surface area (Å²) in [6.07, 6.45) is 3.53. The number of ether oxygens (including phenoxy) is 1. The first-order valence-electron chi connectivity index (χ1n) is 9.35. The zero-order valence-electron chi connectivity index (χ0n) is 16.0. The second-order valence-corrected chi connectivity index (χ2v) is 7.02. The van der Waals surface area contributed by atoms with Gasteiger partial charge in [-0.05, 0) is 61.7 Å². The van der Waals surface area contributed by atoms with Crippen molar-refractivity contribution in [2.75, 3.05) is 18.6 Å². The number of carbonyl (C=O) groups excluding carboxylic acids is 1. The lowest BCUT2D eigenvalue weighted by Gasteiger charge is -2.30. The standard InChI is InChI=1S/C23H22N2O3/c1-16-5-11-21-17(14-16)4-3-13-24(21)23(27)18-6-12-22(26)25(15-18)19-7-9-20(28-2)10-8-19/h5-12,14-15H,3-4,13H2,1-2H3. The van der Waals surface area contributed by atoms with Gasteiger partial charge in [0, 0.05) is 30.2 Å². The molecule has 28 heavy (non-hydrogen) atoms. The molecule has 4 rings (SSSR count). The molecule has 0 unspecified atom stereocenters. The lowest BCUT2D eigenvalue weighted by Crippen LogP contribution is -2.36. The van der Waals surface area contributed by atoms with Crippen molar-refractivity contribution in [2.45, 2.75) is 19.8 Å². The van der Waals surface area contributed by atoms with Gasteiger partial charge in [-0.2, -0.15) is 0 Å². The van der Waals surface area contributed by atoms with Gasteiger partial charge in [0.25, 0.3) is 11.5 Å². The molecule has 0 bridgehead atoms. The van der Waals surface area contributed by atoms with Crippen LogP contribution >= 0.6 is 0 Å². The van der Waals surface area contributed by atoms with Gasteiger partial charge in [0.2, 0.25) is 0 Å². The molecular weight excluding hydrogens is 352 g/mol. The number of nitrogens with zero attached hydrogens (tertiary/aromatic N) is 2. The van der Waals surface area contributed by atoms with Crippen molar-refractivity contribution in [3.63, 3.8) is 0 Å². The largest absolute Gasteiger partial charge is 0.497 e. The lowest BCUT2D eigenvalue weighted by molar-refractivity contribution is 0.0984. The Kier molecular flexibility index (Phi) is 4.74. The molecule has 2 heterocycles. The van der Waals surface area contributed by atoms with Crippen LogP contribution in [-0.2, 0) is 6.42 Å². The molecule has 1 aliphatic rings. The number of aromatic nitrogens is 1. The highest BCUT2D eigenvalue weighted by molar-refractivity contribution is 6.06. The summed E-state index contributed by atoms with van der Waals surface area (Å²) < 4.78 is 6.66. The van der Waals surface area contributed by atoms with E-state index >= 15 is 0 Å². The number of hydrogen-bond donors (Lipinski definition) is 0. The molecule has 142 valence electrons. The Morgan fingerprint density at radius 3 is 2.57 bits per heavy atom. The molecule has 5 nitrogen and oxygen atoms in total. The molecule has 0 saturated heterocycles. The van der Waals surface area contributed by atoms with Gasteiger partial charge in [-0.1, -0.05) is 17.7 Å². The quantitative estimate of drug-likeness (QED) is 0.702. The van der Waals surface area contributed by atoms with Crippen LogP contribution in [0.15, 0.2) is 65.6 Å². The number of anilines is 1. The van der Waals surface area contributed by atoms with Crippen LogP contribution in [0.2, 0.25) is 0 Å². The Morgan fingerprint density at radius 1 is 1.04 bits per heavy atom. The normalized spacial score (nSPS) is 13.1. The minimum Gasteiger partial charge on any atom is -0.497 e. The average molecular weight is 374 g/mol. The van der Waals surface area contributed by atoms with Crippen LogP contribution in [0.1, 0.15) is 27.9 Å². The summed E-state index contributed by atoms with van der Waals surface area (Å²) in [6, 6.07) is 16.4. The third kappa shape index (κ3) is 3.31. The number of aryl methyl sites for hydroxylation is 2. The van der Waals surface area contributed by atoms with Crippen LogP contribution < -0.4 is 15.2 Å². The summed E-state index contributed by atoms with van der Waals surface area (Å²) in [5.74, 6) is 0.622. The fourth-order valence-corrected chi connectivity index (χ4v) is 3.65. The zero-order chi connectivity index (χ0) is 19.7. The highest BCUT2D eigenvalue weighted by Gasteiger charge is 2.24. The van der Waals surface area contributed by atoms with E-state index in [1.54, 1.807) is 43.6 Å². The van der Waals surface area contributed by atoms with E-state index in [1.165, 1.54) is 21.8 Å². The van der Waals surface area contributed by atoms with Crippen molar-refractivity contribution in [1.29, 1.82) is 0 Å². The van der Waals surface area contributed by atoms with E-state index in [-0.39, 0.29) is 11.5 Å². The summed E-state index contributed by atoms with van der Waals surface area (Å²) in [5, 5.41) is 0. The molecule has 0 spiro atoms. The van der Waals surface area contributed by atoms with Crippen LogP contribution in [0.4, 0.5) is 5.69 Å². The number of benzene rings is 2. The number of rotatable bonds is 3. The van der Waals surface area contributed by atoms with E-state index < -0.39 is 0 Å². The Hall–Kier alpha value is -3.34. The predicted molar refractivity (Wildman–Crippen MR) is 110 cm³/mol. The molecule has 1 amide bonds. The minimum atomic E-state index is -0.184. The Bertz CT molecular complexity index is 1080. The second-order valence-electron chi connectivity index (χ2n) is 7.02. The van der Waals surface area contributed by atoms with Gasteiger partial charge >= 0.3 is 0 Å². The Balaban J connectivity index is 1.70. The molecule has 0 fully saturated rings. The van der Waals surface area contributed by atoms with Crippen LogP contribution in [0.3, 0.4) is 0 Å². The van der Waals surface area contributed by atoms with Gasteiger partial charge in [-0.25, -0.2) is 0 Å². The van der Waals surface area contributed by atoms with Crippen molar-refractivity contribution in [3.8, 4) is 11.4 Å². The fraction of sp³-hybridized carbons (Fsp3) is 0.217. The van der Waals surface area contributed by atoms with E-state index in [0.29, 0.717) is 23.5 Å². The monoisotopic (exact) mass is 374 g/mol. The van der Waals surface area contributed by atoms with E-state index in [2.05, 4.69) is 13.0 Å². The number of pyridine rings is 1. The van der Waals surface area contributed by atoms with Gasteiger partial charge in [0.15, 0.2) is 0 Å². The fourth-order valence-electron chi connectivity index (χ4n) is 3.65. The molecule has 0 N–H and O–H groups in total. The van der Waals surface area contributed by atoms with Crippen LogP contribution in [-0.4, -0.2) is 24.1 Å². The highest BCUT2D eigenvalue weighted by atomic mass is 16.5. The van der Waals surface area contributed by atoms with Gasteiger partial charge < -0.3 is 9.64 Å². The van der Waals surface area contributed by atoms with Crippen LogP contribution in [0.25, 0.3) is 5.69 Å². The van der Waals surface area contributed by atoms with Crippen molar-refractivity contribution < 1.29 is 9.53 Å². The second kappa shape index (κ2) is 7.35. The summed E-state index contributed by atoms with van der Waals surface area (Å²) in [6.45, 7) is 2.74. The molecule has 0 saturated carbocycles. The SMILES string of the molecule is COc1ccc(-n2cc(C(=O)N3CCCc4cc(C)ccc43)ccc2=O)cc1. The molecule has 3 aromatic rings. The third-order valence-electron chi connectivity index (χ3n) is 5.11. The van der Waals surface area contributed by atoms with Gasteiger partial charge in [-0.15, -0.1) is 0 Å². The van der Waals surface area contributed by atoms with E-state index in [4.69, 9.17) is 4.74 Å². The van der Waals surface area contributed by atoms with E-state index in [9.17, 15) is 9.59 Å². The molecule has 0 atom stereocenters. The molecule has 0 aliphatic carbocycles. The van der Waals surface area contributed by atoms with Crippen LogP contribution in [0.5, 0.6) is 5.75 Å². The number of hydrogen-bond acceptors (Lipinski definition) is 3. The first-order valence-corrected chi connectivity index (χ1v) is 9.35. The first-order chi connectivity index (χ1) is 13.6. The number of fused-ring (bicyclic) bond motifs is 1.